The van der Waals surface area contributed by atoms with Crippen LogP contribution in [0.15, 0.2) is 0 Å². The molecule has 0 unspecified atom stereocenters. The highest BCUT2D eigenvalue weighted by atomic mass is 16.6. The van der Waals surface area contributed by atoms with Gasteiger partial charge in [-0.2, -0.15) is 0 Å². The summed E-state index contributed by atoms with van der Waals surface area (Å²) in [6, 6.07) is 0. The van der Waals surface area contributed by atoms with Crippen LogP contribution in [0.25, 0.3) is 0 Å². The second-order valence-corrected chi connectivity index (χ2v) is 10.6. The van der Waals surface area contributed by atoms with E-state index in [-0.39, 0.29) is 23.3 Å². The standard InChI is InChI=1S/C23H36O4/c1-14(24)23(27-15(2)25)12-9-20-18-6-5-16-13-17(26)7-10-21(16,3)19(18)8-11-22(20,23)4/h16-20,26H,5-13H2,1-4H3/t16-,17-,18+,19-,20-,21-,22-,23-/m0/s1. The summed E-state index contributed by atoms with van der Waals surface area (Å²) in [6.45, 7) is 7.75. The highest BCUT2D eigenvalue weighted by molar-refractivity contribution is 5.89. The Hall–Kier alpha value is -0.900. The molecule has 0 spiro atoms. The molecule has 1 N–H and O–H groups in total. The summed E-state index contributed by atoms with van der Waals surface area (Å²) in [5.74, 6) is 2.11. The van der Waals surface area contributed by atoms with E-state index in [4.69, 9.17) is 4.74 Å². The molecule has 0 amide bonds. The fourth-order valence-corrected chi connectivity index (χ4v) is 8.30. The van der Waals surface area contributed by atoms with Crippen molar-refractivity contribution in [1.82, 2.24) is 0 Å². The van der Waals surface area contributed by atoms with Crippen LogP contribution in [-0.2, 0) is 14.3 Å². The molecule has 4 aliphatic carbocycles. The van der Waals surface area contributed by atoms with Crippen LogP contribution >= 0.6 is 0 Å². The summed E-state index contributed by atoms with van der Waals surface area (Å²) >= 11 is 0. The molecular weight excluding hydrogens is 340 g/mol. The first-order valence-electron chi connectivity index (χ1n) is 11.0. The Kier molecular flexibility index (Phi) is 4.53. The van der Waals surface area contributed by atoms with E-state index in [1.54, 1.807) is 6.92 Å². The van der Waals surface area contributed by atoms with Crippen LogP contribution in [0.3, 0.4) is 0 Å². The monoisotopic (exact) mass is 376 g/mol. The largest absolute Gasteiger partial charge is 0.451 e. The second-order valence-electron chi connectivity index (χ2n) is 10.6. The Bertz CT molecular complexity index is 644. The first-order chi connectivity index (χ1) is 12.6. The Morgan fingerprint density at radius 2 is 1.63 bits per heavy atom. The summed E-state index contributed by atoms with van der Waals surface area (Å²) in [5, 5.41) is 10.2. The predicted molar refractivity (Wildman–Crippen MR) is 103 cm³/mol. The van der Waals surface area contributed by atoms with Gasteiger partial charge in [0.05, 0.1) is 6.10 Å². The van der Waals surface area contributed by atoms with Crippen molar-refractivity contribution in [1.29, 1.82) is 0 Å². The SMILES string of the molecule is CC(=O)O[C@]1(C(C)=O)CC[C@H]2[C@@H]3CC[C@H]4C[C@@H](O)CC[C@]4(C)[C@H]3CC[C@@]21C. The van der Waals surface area contributed by atoms with Crippen molar-refractivity contribution >= 4 is 11.8 Å². The molecular formula is C23H36O4. The van der Waals surface area contributed by atoms with Crippen LogP contribution < -0.4 is 0 Å². The van der Waals surface area contributed by atoms with Crippen molar-refractivity contribution in [3.05, 3.63) is 0 Å². The van der Waals surface area contributed by atoms with Crippen LogP contribution in [-0.4, -0.2) is 28.6 Å². The summed E-state index contributed by atoms with van der Waals surface area (Å²) in [6.07, 6.45) is 9.08. The van der Waals surface area contributed by atoms with Gasteiger partial charge in [0.25, 0.3) is 0 Å². The summed E-state index contributed by atoms with van der Waals surface area (Å²) in [7, 11) is 0. The van der Waals surface area contributed by atoms with Gasteiger partial charge in [-0.15, -0.1) is 0 Å². The number of rotatable bonds is 2. The molecule has 4 aliphatic rings. The van der Waals surface area contributed by atoms with Crippen molar-refractivity contribution in [2.45, 2.75) is 97.2 Å². The lowest BCUT2D eigenvalue weighted by atomic mass is 9.44. The third-order valence-corrected chi connectivity index (χ3v) is 9.64. The molecule has 0 aromatic heterocycles. The van der Waals surface area contributed by atoms with Crippen molar-refractivity contribution in [3.8, 4) is 0 Å². The lowest BCUT2D eigenvalue weighted by Gasteiger charge is -2.61. The molecule has 0 saturated heterocycles. The Balaban J connectivity index is 1.66. The Morgan fingerprint density at radius 3 is 2.30 bits per heavy atom. The molecule has 4 saturated carbocycles. The van der Waals surface area contributed by atoms with Crippen LogP contribution in [0.2, 0.25) is 0 Å². The highest BCUT2D eigenvalue weighted by Gasteiger charge is 2.68. The third-order valence-electron chi connectivity index (χ3n) is 9.64. The average Bonchev–Trinajstić information content (AvgIpc) is 2.89. The van der Waals surface area contributed by atoms with Gasteiger partial charge < -0.3 is 9.84 Å². The first kappa shape index (κ1) is 19.4. The van der Waals surface area contributed by atoms with Gasteiger partial charge in [-0.1, -0.05) is 13.8 Å². The molecule has 4 nitrogen and oxygen atoms in total. The van der Waals surface area contributed by atoms with Gasteiger partial charge in [0.2, 0.25) is 0 Å². The van der Waals surface area contributed by atoms with E-state index in [9.17, 15) is 14.7 Å². The number of hydrogen-bond donors (Lipinski definition) is 1. The molecule has 0 bridgehead atoms. The molecule has 27 heavy (non-hydrogen) atoms. The minimum Gasteiger partial charge on any atom is -0.451 e. The van der Waals surface area contributed by atoms with E-state index >= 15 is 0 Å². The van der Waals surface area contributed by atoms with Gasteiger partial charge in [0.15, 0.2) is 11.4 Å². The van der Waals surface area contributed by atoms with E-state index in [2.05, 4.69) is 13.8 Å². The Morgan fingerprint density at radius 1 is 0.926 bits per heavy atom. The molecule has 4 heteroatoms. The van der Waals surface area contributed by atoms with Crippen molar-refractivity contribution in [3.63, 3.8) is 0 Å². The average molecular weight is 377 g/mol. The number of esters is 1. The summed E-state index contributed by atoms with van der Waals surface area (Å²) in [5.41, 5.74) is -0.829. The molecule has 0 aromatic rings. The third kappa shape index (κ3) is 2.58. The van der Waals surface area contributed by atoms with E-state index in [1.165, 1.54) is 19.8 Å². The molecule has 0 heterocycles. The van der Waals surface area contributed by atoms with Crippen LogP contribution in [0.5, 0.6) is 0 Å². The quantitative estimate of drug-likeness (QED) is 0.731. The predicted octanol–water partition coefficient (Wildman–Crippen LogP) is 4.28. The van der Waals surface area contributed by atoms with E-state index in [0.717, 1.165) is 38.5 Å². The van der Waals surface area contributed by atoms with E-state index < -0.39 is 5.60 Å². The maximum atomic E-state index is 12.7. The van der Waals surface area contributed by atoms with Gasteiger partial charge in [0.1, 0.15) is 0 Å². The Labute approximate surface area is 163 Å². The van der Waals surface area contributed by atoms with E-state index in [1.807, 2.05) is 0 Å². The molecule has 0 aromatic carbocycles. The summed E-state index contributed by atoms with van der Waals surface area (Å²) in [4.78, 5) is 24.6. The van der Waals surface area contributed by atoms with Gasteiger partial charge >= 0.3 is 5.97 Å². The number of aliphatic hydroxyl groups is 1. The lowest BCUT2D eigenvalue weighted by Crippen LogP contribution is -2.59. The molecule has 8 atom stereocenters. The smallest absolute Gasteiger partial charge is 0.303 e. The number of hydrogen-bond acceptors (Lipinski definition) is 4. The maximum absolute atomic E-state index is 12.7. The first-order valence-corrected chi connectivity index (χ1v) is 11.0. The molecule has 4 rings (SSSR count). The summed E-state index contributed by atoms with van der Waals surface area (Å²) < 4.78 is 5.84. The number of Topliss-reactive ketones (excluding diaryl/α,β-unsaturated/α-hetero) is 1. The minimum absolute atomic E-state index is 0.0295. The van der Waals surface area contributed by atoms with Crippen molar-refractivity contribution in [2.75, 3.05) is 0 Å². The highest BCUT2D eigenvalue weighted by Crippen LogP contribution is 2.69. The number of ketones is 1. The second kappa shape index (κ2) is 6.30. The molecule has 0 radical (unpaired) electrons. The zero-order valence-corrected chi connectivity index (χ0v) is 17.4. The zero-order chi connectivity index (χ0) is 19.6. The van der Waals surface area contributed by atoms with Crippen molar-refractivity contribution < 1.29 is 19.4 Å². The van der Waals surface area contributed by atoms with Gasteiger partial charge in [0, 0.05) is 12.3 Å². The van der Waals surface area contributed by atoms with Gasteiger partial charge in [-0.3, -0.25) is 9.59 Å². The zero-order valence-electron chi connectivity index (χ0n) is 17.4. The fourth-order valence-electron chi connectivity index (χ4n) is 8.30. The topological polar surface area (TPSA) is 63.6 Å². The normalized spacial score (nSPS) is 51.7. The van der Waals surface area contributed by atoms with Crippen LogP contribution in [0.1, 0.15) is 85.5 Å². The number of aliphatic hydroxyl groups excluding tert-OH is 1. The lowest BCUT2D eigenvalue weighted by molar-refractivity contribution is -0.192. The number of fused-ring (bicyclic) bond motifs is 5. The van der Waals surface area contributed by atoms with Crippen LogP contribution in [0, 0.1) is 34.5 Å². The number of ether oxygens (including phenoxy) is 1. The maximum Gasteiger partial charge on any atom is 0.303 e. The molecule has 152 valence electrons. The van der Waals surface area contributed by atoms with Gasteiger partial charge in [-0.05, 0) is 93.8 Å². The fraction of sp³-hybridized carbons (Fsp3) is 0.913. The number of carbonyl (C=O) groups excluding carboxylic acids is 2. The minimum atomic E-state index is -0.922. The molecule has 4 fully saturated rings. The van der Waals surface area contributed by atoms with Gasteiger partial charge in [-0.25, -0.2) is 0 Å². The van der Waals surface area contributed by atoms with E-state index in [0.29, 0.717) is 35.5 Å². The van der Waals surface area contributed by atoms with Crippen molar-refractivity contribution in [2.24, 2.45) is 34.5 Å². The number of carbonyl (C=O) groups is 2. The molecule has 0 aliphatic heterocycles. The van der Waals surface area contributed by atoms with Crippen LogP contribution in [0.4, 0.5) is 0 Å².